The van der Waals surface area contributed by atoms with Gasteiger partial charge >= 0.3 is 6.36 Å². The number of nitrogens with two attached hydrogens (primary N) is 2. The highest BCUT2D eigenvalue weighted by Gasteiger charge is 2.32. The number of ether oxygens (including phenoxy) is 1. The van der Waals surface area contributed by atoms with Crippen LogP contribution in [0.1, 0.15) is 5.56 Å². The second kappa shape index (κ2) is 4.16. The molecule has 0 radical (unpaired) electrons. The number of halogens is 4. The lowest BCUT2D eigenvalue weighted by Gasteiger charge is -2.14. The summed E-state index contributed by atoms with van der Waals surface area (Å²) in [6.45, 7) is -0.0558. The molecule has 0 spiro atoms. The van der Waals surface area contributed by atoms with Crippen LogP contribution in [0, 0.1) is 0 Å². The average molecular weight is 241 g/mol. The van der Waals surface area contributed by atoms with Crippen molar-refractivity contribution in [1.29, 1.82) is 0 Å². The minimum Gasteiger partial charge on any atom is -0.404 e. The van der Waals surface area contributed by atoms with E-state index in [0.717, 1.165) is 6.07 Å². The molecule has 1 aromatic carbocycles. The van der Waals surface area contributed by atoms with E-state index in [0.29, 0.717) is 0 Å². The quantitative estimate of drug-likeness (QED) is 0.780. The Morgan fingerprint density at radius 2 is 1.93 bits per heavy atom. The van der Waals surface area contributed by atoms with Crippen molar-refractivity contribution in [2.45, 2.75) is 12.9 Å². The van der Waals surface area contributed by atoms with Gasteiger partial charge in [-0.25, -0.2) is 0 Å². The molecule has 7 heteroatoms. The molecule has 0 atom stereocenters. The van der Waals surface area contributed by atoms with Crippen molar-refractivity contribution in [3.8, 4) is 5.75 Å². The topological polar surface area (TPSA) is 61.3 Å². The predicted molar refractivity (Wildman–Crippen MR) is 50.4 cm³/mol. The van der Waals surface area contributed by atoms with Crippen molar-refractivity contribution >= 4 is 17.3 Å². The number of benzene rings is 1. The molecular weight excluding hydrogens is 233 g/mol. The van der Waals surface area contributed by atoms with E-state index in [-0.39, 0.29) is 22.8 Å². The van der Waals surface area contributed by atoms with Crippen LogP contribution in [-0.4, -0.2) is 6.36 Å². The first-order valence-electron chi connectivity index (χ1n) is 3.88. The zero-order valence-corrected chi connectivity index (χ0v) is 8.19. The molecule has 0 fully saturated rings. The Hall–Kier alpha value is -1.14. The van der Waals surface area contributed by atoms with Gasteiger partial charge < -0.3 is 16.2 Å². The van der Waals surface area contributed by atoms with E-state index in [1.807, 2.05) is 0 Å². The molecule has 0 bridgehead atoms. The Balaban J connectivity index is 3.11. The number of alkyl halides is 3. The fourth-order valence-corrected chi connectivity index (χ4v) is 1.28. The highest BCUT2D eigenvalue weighted by atomic mass is 35.5. The second-order valence-corrected chi connectivity index (χ2v) is 3.10. The number of rotatable bonds is 2. The summed E-state index contributed by atoms with van der Waals surface area (Å²) in [5.41, 5.74) is 10.7. The van der Waals surface area contributed by atoms with Gasteiger partial charge in [0.1, 0.15) is 0 Å². The summed E-state index contributed by atoms with van der Waals surface area (Å²) in [5, 5.41) is 0.213. The van der Waals surface area contributed by atoms with Crippen molar-refractivity contribution in [1.82, 2.24) is 0 Å². The molecule has 1 rings (SSSR count). The normalized spacial score (nSPS) is 11.5. The van der Waals surface area contributed by atoms with Crippen LogP contribution in [0.3, 0.4) is 0 Å². The highest BCUT2D eigenvalue weighted by molar-refractivity contribution is 6.31. The van der Waals surface area contributed by atoms with Crippen molar-refractivity contribution in [3.63, 3.8) is 0 Å². The number of anilines is 1. The Kier molecular flexibility index (Phi) is 3.31. The first kappa shape index (κ1) is 11.9. The van der Waals surface area contributed by atoms with Gasteiger partial charge in [0.05, 0.1) is 5.69 Å². The van der Waals surface area contributed by atoms with E-state index >= 15 is 0 Å². The summed E-state index contributed by atoms with van der Waals surface area (Å²) in [7, 11) is 0. The van der Waals surface area contributed by atoms with Crippen LogP contribution in [0.15, 0.2) is 12.1 Å². The number of hydrogen-bond acceptors (Lipinski definition) is 3. The molecule has 0 aromatic heterocycles. The standard InChI is InChI=1S/C8H8ClF3N2O/c9-5-1-2-6(15-8(10,11)12)7(14)4(5)3-13/h1-2H,3,13-14H2. The molecule has 4 N–H and O–H groups in total. The summed E-state index contributed by atoms with van der Waals surface area (Å²) >= 11 is 5.68. The van der Waals surface area contributed by atoms with Crippen LogP contribution in [0.25, 0.3) is 0 Å². The number of nitrogen functional groups attached to an aromatic ring is 1. The van der Waals surface area contributed by atoms with Crippen LogP contribution >= 0.6 is 11.6 Å². The van der Waals surface area contributed by atoms with Crippen LogP contribution < -0.4 is 16.2 Å². The van der Waals surface area contributed by atoms with Crippen LogP contribution in [0.2, 0.25) is 5.02 Å². The molecule has 0 aliphatic carbocycles. The fraction of sp³-hybridized carbons (Fsp3) is 0.250. The largest absolute Gasteiger partial charge is 0.573 e. The minimum absolute atomic E-state index is 0.0558. The van der Waals surface area contributed by atoms with Gasteiger partial charge in [-0.3, -0.25) is 0 Å². The molecule has 0 saturated carbocycles. The van der Waals surface area contributed by atoms with Gasteiger partial charge in [-0.05, 0) is 12.1 Å². The van der Waals surface area contributed by atoms with Crippen molar-refractivity contribution in [2.75, 3.05) is 5.73 Å². The average Bonchev–Trinajstić information content (AvgIpc) is 2.09. The fourth-order valence-electron chi connectivity index (χ4n) is 1.04. The summed E-state index contributed by atoms with van der Waals surface area (Å²) in [4.78, 5) is 0. The SMILES string of the molecule is NCc1c(Cl)ccc(OC(F)(F)F)c1N. The Morgan fingerprint density at radius 1 is 1.33 bits per heavy atom. The third-order valence-corrected chi connectivity index (χ3v) is 2.04. The predicted octanol–water partition coefficient (Wildman–Crippen LogP) is 2.28. The lowest BCUT2D eigenvalue weighted by molar-refractivity contribution is -0.274. The maximum atomic E-state index is 11.9. The van der Waals surface area contributed by atoms with E-state index in [9.17, 15) is 13.2 Å². The van der Waals surface area contributed by atoms with Gasteiger partial charge in [0.15, 0.2) is 5.75 Å². The second-order valence-electron chi connectivity index (χ2n) is 2.69. The minimum atomic E-state index is -4.78. The lowest BCUT2D eigenvalue weighted by Crippen LogP contribution is -2.18. The lowest BCUT2D eigenvalue weighted by atomic mass is 10.1. The maximum Gasteiger partial charge on any atom is 0.573 e. The molecular formula is C8H8ClF3N2O. The summed E-state index contributed by atoms with van der Waals surface area (Å²) in [6, 6.07) is 2.30. The Bertz CT molecular complexity index is 368. The van der Waals surface area contributed by atoms with Gasteiger partial charge in [0, 0.05) is 17.1 Å². The van der Waals surface area contributed by atoms with E-state index in [1.54, 1.807) is 0 Å². The van der Waals surface area contributed by atoms with Gasteiger partial charge in [0.2, 0.25) is 0 Å². The van der Waals surface area contributed by atoms with Crippen LogP contribution in [-0.2, 0) is 6.54 Å². The molecule has 0 saturated heterocycles. The molecule has 0 aliphatic heterocycles. The first-order chi connectivity index (χ1) is 6.85. The van der Waals surface area contributed by atoms with E-state index < -0.39 is 12.1 Å². The highest BCUT2D eigenvalue weighted by Crippen LogP contribution is 2.34. The first-order valence-corrected chi connectivity index (χ1v) is 4.25. The molecule has 0 aliphatic rings. The van der Waals surface area contributed by atoms with Crippen molar-refractivity contribution < 1.29 is 17.9 Å². The molecule has 1 aromatic rings. The Morgan fingerprint density at radius 3 is 2.40 bits per heavy atom. The van der Waals surface area contributed by atoms with Gasteiger partial charge in [-0.2, -0.15) is 0 Å². The maximum absolute atomic E-state index is 11.9. The van der Waals surface area contributed by atoms with E-state index in [4.69, 9.17) is 23.1 Å². The molecule has 0 unspecified atom stereocenters. The summed E-state index contributed by atoms with van der Waals surface area (Å²) in [6.07, 6.45) is -4.78. The van der Waals surface area contributed by atoms with E-state index in [2.05, 4.69) is 4.74 Å². The monoisotopic (exact) mass is 240 g/mol. The molecule has 0 amide bonds. The third kappa shape index (κ3) is 2.90. The number of hydrogen-bond donors (Lipinski definition) is 2. The van der Waals surface area contributed by atoms with Crippen molar-refractivity contribution in [3.05, 3.63) is 22.7 Å². The van der Waals surface area contributed by atoms with Gasteiger partial charge in [-0.1, -0.05) is 11.6 Å². The van der Waals surface area contributed by atoms with Gasteiger partial charge in [0.25, 0.3) is 0 Å². The van der Waals surface area contributed by atoms with E-state index in [1.165, 1.54) is 6.07 Å². The molecule has 15 heavy (non-hydrogen) atoms. The summed E-state index contributed by atoms with van der Waals surface area (Å²) in [5.74, 6) is -0.493. The van der Waals surface area contributed by atoms with Crippen LogP contribution in [0.4, 0.5) is 18.9 Å². The molecule has 84 valence electrons. The van der Waals surface area contributed by atoms with Gasteiger partial charge in [-0.15, -0.1) is 13.2 Å². The molecule has 0 heterocycles. The zero-order valence-electron chi connectivity index (χ0n) is 7.44. The third-order valence-electron chi connectivity index (χ3n) is 1.69. The summed E-state index contributed by atoms with van der Waals surface area (Å²) < 4.78 is 39.4. The molecule has 3 nitrogen and oxygen atoms in total. The van der Waals surface area contributed by atoms with Crippen molar-refractivity contribution in [2.24, 2.45) is 5.73 Å². The Labute approximate surface area is 88.8 Å². The van der Waals surface area contributed by atoms with Crippen LogP contribution in [0.5, 0.6) is 5.75 Å². The smallest absolute Gasteiger partial charge is 0.404 e. The zero-order chi connectivity index (χ0) is 11.6.